The quantitative estimate of drug-likeness (QED) is 0.405. The summed E-state index contributed by atoms with van der Waals surface area (Å²) in [6.45, 7) is 7.44. The molecule has 0 bridgehead atoms. The highest BCUT2D eigenvalue weighted by Gasteiger charge is 2.48. The van der Waals surface area contributed by atoms with Gasteiger partial charge in [-0.05, 0) is 42.2 Å². The van der Waals surface area contributed by atoms with Crippen molar-refractivity contribution in [2.45, 2.75) is 76.9 Å². The molecule has 1 aromatic carbocycles. The highest BCUT2D eigenvalue weighted by atomic mass is 32.2. The van der Waals surface area contributed by atoms with Gasteiger partial charge in [-0.2, -0.15) is 0 Å². The van der Waals surface area contributed by atoms with E-state index >= 15 is 0 Å². The Morgan fingerprint density at radius 2 is 1.82 bits per heavy atom. The summed E-state index contributed by atoms with van der Waals surface area (Å²) < 4.78 is 24.7. The summed E-state index contributed by atoms with van der Waals surface area (Å²) in [6, 6.07) is 5.79. The number of β-amino-alcohol motifs (C(OH)–C–C–N with tert-alkyl or cyclic N) is 1. The van der Waals surface area contributed by atoms with Crippen molar-refractivity contribution in [3.63, 3.8) is 0 Å². The normalized spacial score (nSPS) is 21.1. The van der Waals surface area contributed by atoms with Crippen LogP contribution >= 0.6 is 11.3 Å². The number of sulfone groups is 1. The molecule has 12 heteroatoms. The van der Waals surface area contributed by atoms with Crippen molar-refractivity contribution < 1.29 is 27.9 Å². The topological polar surface area (TPSA) is 146 Å². The fourth-order valence-corrected chi connectivity index (χ4v) is 7.40. The molecule has 2 fully saturated rings. The van der Waals surface area contributed by atoms with Crippen molar-refractivity contribution in [3.8, 4) is 10.4 Å². The molecule has 1 aliphatic heterocycles. The fraction of sp³-hybridized carbons (Fsp3) is 0.571. The summed E-state index contributed by atoms with van der Waals surface area (Å²) >= 11 is 1.56. The van der Waals surface area contributed by atoms with Crippen LogP contribution in [0.4, 0.5) is 0 Å². The Labute approximate surface area is 239 Å². The van der Waals surface area contributed by atoms with Crippen LogP contribution in [0.3, 0.4) is 0 Å². The Balaban J connectivity index is 1.45. The Hall–Kier alpha value is -2.83. The molecular formula is C28H38N4O6S2. The Morgan fingerprint density at radius 1 is 1.18 bits per heavy atom. The van der Waals surface area contributed by atoms with Gasteiger partial charge in [0.2, 0.25) is 17.7 Å². The molecule has 1 saturated carbocycles. The minimum atomic E-state index is -3.66. The van der Waals surface area contributed by atoms with Gasteiger partial charge in [0.1, 0.15) is 17.3 Å². The van der Waals surface area contributed by atoms with E-state index in [2.05, 4.69) is 15.6 Å². The molecule has 40 heavy (non-hydrogen) atoms. The molecule has 0 spiro atoms. The predicted octanol–water partition coefficient (Wildman–Crippen LogP) is 2.05. The van der Waals surface area contributed by atoms with Crippen LogP contribution in [0.25, 0.3) is 10.4 Å². The molecule has 2 aromatic rings. The van der Waals surface area contributed by atoms with E-state index in [0.29, 0.717) is 12.8 Å². The molecule has 3 amide bonds. The van der Waals surface area contributed by atoms with E-state index in [-0.39, 0.29) is 25.4 Å². The van der Waals surface area contributed by atoms with Gasteiger partial charge >= 0.3 is 0 Å². The Kier molecular flexibility index (Phi) is 8.72. The van der Waals surface area contributed by atoms with E-state index in [9.17, 15) is 27.9 Å². The molecule has 2 aliphatic rings. The largest absolute Gasteiger partial charge is 0.391 e. The zero-order valence-electron chi connectivity index (χ0n) is 23.5. The van der Waals surface area contributed by atoms with Crippen molar-refractivity contribution >= 4 is 38.9 Å². The molecule has 1 aromatic heterocycles. The first-order valence-corrected chi connectivity index (χ1v) is 16.2. The second kappa shape index (κ2) is 11.6. The van der Waals surface area contributed by atoms with Crippen LogP contribution < -0.4 is 10.6 Å². The number of aliphatic hydroxyl groups is 1. The lowest BCUT2D eigenvalue weighted by atomic mass is 9.85. The Morgan fingerprint density at radius 3 is 2.35 bits per heavy atom. The van der Waals surface area contributed by atoms with E-state index in [4.69, 9.17) is 0 Å². The molecule has 1 aliphatic carbocycles. The maximum Gasteiger partial charge on any atom is 0.246 e. The van der Waals surface area contributed by atoms with Gasteiger partial charge in [0.25, 0.3) is 0 Å². The van der Waals surface area contributed by atoms with Gasteiger partial charge in [0, 0.05) is 25.8 Å². The number of thiazole rings is 1. The van der Waals surface area contributed by atoms with Crippen molar-refractivity contribution in [2.24, 2.45) is 11.3 Å². The third kappa shape index (κ3) is 6.90. The Bertz CT molecular complexity index is 1360. The molecule has 1 unspecified atom stereocenters. The number of hydrogen-bond donors (Lipinski definition) is 3. The molecule has 4 atom stereocenters. The van der Waals surface area contributed by atoms with E-state index in [1.54, 1.807) is 37.6 Å². The maximum absolute atomic E-state index is 13.8. The van der Waals surface area contributed by atoms with E-state index in [0.717, 1.165) is 28.0 Å². The molecule has 218 valence electrons. The number of aryl methyl sites for hydroxylation is 1. The first kappa shape index (κ1) is 30.1. The summed E-state index contributed by atoms with van der Waals surface area (Å²) in [6.07, 6.45) is 1.50. The fourth-order valence-electron chi connectivity index (χ4n) is 5.16. The van der Waals surface area contributed by atoms with Crippen LogP contribution in [0.15, 0.2) is 29.8 Å². The monoisotopic (exact) mass is 590 g/mol. The standard InChI is InChI=1S/C28H38N4O6S2/c1-16-22(39-15-30-16)18-8-6-17(7-9-18)13-29-25(34)21-12-20(33)14-32(21)27(36)24(28(2,3)4)31-26(35)23(19-10-11-19)40(5,37)38/h6-9,15,19-21,23-24,33H,10-14H2,1-5H3,(H,29,34)(H,31,35)/t20-,21+,23?,24+/m1/s1. The van der Waals surface area contributed by atoms with Crippen molar-refractivity contribution in [2.75, 3.05) is 12.8 Å². The van der Waals surface area contributed by atoms with Crippen LogP contribution in [0.1, 0.15) is 51.3 Å². The molecular weight excluding hydrogens is 552 g/mol. The molecule has 0 radical (unpaired) electrons. The van der Waals surface area contributed by atoms with Crippen molar-refractivity contribution in [1.82, 2.24) is 20.5 Å². The van der Waals surface area contributed by atoms with Crippen LogP contribution in [0.2, 0.25) is 0 Å². The maximum atomic E-state index is 13.8. The van der Waals surface area contributed by atoms with E-state index in [1.807, 2.05) is 31.2 Å². The molecule has 1 saturated heterocycles. The van der Waals surface area contributed by atoms with Gasteiger partial charge < -0.3 is 20.6 Å². The predicted molar refractivity (Wildman–Crippen MR) is 153 cm³/mol. The lowest BCUT2D eigenvalue weighted by Crippen LogP contribution is -2.59. The van der Waals surface area contributed by atoms with Crippen LogP contribution in [0, 0.1) is 18.3 Å². The van der Waals surface area contributed by atoms with Gasteiger partial charge in [-0.15, -0.1) is 11.3 Å². The lowest BCUT2D eigenvalue weighted by molar-refractivity contribution is -0.144. The second-order valence-electron chi connectivity index (χ2n) is 12.0. The number of benzene rings is 1. The third-order valence-corrected chi connectivity index (χ3v) is 9.96. The molecule has 3 N–H and O–H groups in total. The number of nitrogens with one attached hydrogen (secondary N) is 2. The number of likely N-dealkylation sites (tertiary alicyclic amines) is 1. The average molecular weight is 591 g/mol. The van der Waals surface area contributed by atoms with Gasteiger partial charge in [0.05, 0.1) is 22.2 Å². The van der Waals surface area contributed by atoms with Gasteiger partial charge in [0.15, 0.2) is 9.84 Å². The van der Waals surface area contributed by atoms with Crippen LogP contribution in [0.5, 0.6) is 0 Å². The number of amides is 3. The zero-order chi connectivity index (χ0) is 29.4. The summed E-state index contributed by atoms with van der Waals surface area (Å²) in [7, 11) is -3.66. The SMILES string of the molecule is Cc1ncsc1-c1ccc(CNC(=O)[C@@H]2C[C@@H](O)CN2C(=O)[C@H](NC(=O)C(C2CC2)S(C)(=O)=O)C(C)(C)C)cc1. The van der Waals surface area contributed by atoms with Crippen molar-refractivity contribution in [1.29, 1.82) is 0 Å². The lowest BCUT2D eigenvalue weighted by Gasteiger charge is -2.36. The van der Waals surface area contributed by atoms with Crippen LogP contribution in [-0.4, -0.2) is 77.4 Å². The number of rotatable bonds is 9. The number of nitrogens with zero attached hydrogens (tertiary/aromatic N) is 2. The first-order valence-electron chi connectivity index (χ1n) is 13.4. The van der Waals surface area contributed by atoms with E-state index < -0.39 is 56.4 Å². The van der Waals surface area contributed by atoms with Gasteiger partial charge in [-0.3, -0.25) is 14.4 Å². The van der Waals surface area contributed by atoms with Crippen molar-refractivity contribution in [3.05, 3.63) is 41.0 Å². The molecule has 4 rings (SSSR count). The second-order valence-corrected chi connectivity index (χ2v) is 15.0. The number of carbonyl (C=O) groups excluding carboxylic acids is 3. The third-order valence-electron chi connectivity index (χ3n) is 7.46. The highest BCUT2D eigenvalue weighted by Crippen LogP contribution is 2.37. The summed E-state index contributed by atoms with van der Waals surface area (Å²) in [5.74, 6) is -1.88. The number of carbonyl (C=O) groups is 3. The minimum absolute atomic E-state index is 0.0552. The number of aromatic nitrogens is 1. The number of aliphatic hydroxyl groups excluding tert-OH is 1. The summed E-state index contributed by atoms with van der Waals surface area (Å²) in [4.78, 5) is 46.8. The highest BCUT2D eigenvalue weighted by molar-refractivity contribution is 7.92. The first-order chi connectivity index (χ1) is 18.7. The minimum Gasteiger partial charge on any atom is -0.391 e. The summed E-state index contributed by atoms with van der Waals surface area (Å²) in [5, 5.41) is 14.7. The molecule has 10 nitrogen and oxygen atoms in total. The zero-order valence-corrected chi connectivity index (χ0v) is 25.1. The van der Waals surface area contributed by atoms with Crippen LogP contribution in [-0.2, 0) is 30.8 Å². The van der Waals surface area contributed by atoms with E-state index in [1.165, 1.54) is 4.90 Å². The molecule has 2 heterocycles. The number of hydrogen-bond acceptors (Lipinski definition) is 8. The average Bonchev–Trinajstić information content (AvgIpc) is 3.45. The van der Waals surface area contributed by atoms with Gasteiger partial charge in [-0.25, -0.2) is 13.4 Å². The smallest absolute Gasteiger partial charge is 0.246 e. The summed E-state index contributed by atoms with van der Waals surface area (Å²) in [5.41, 5.74) is 3.91. The van der Waals surface area contributed by atoms with Gasteiger partial charge in [-0.1, -0.05) is 45.0 Å².